The van der Waals surface area contributed by atoms with E-state index >= 15 is 0 Å². The third-order valence-corrected chi connectivity index (χ3v) is 2.89. The molecule has 0 radical (unpaired) electrons. The zero-order chi connectivity index (χ0) is 10.7. The first-order chi connectivity index (χ1) is 6.50. The molecule has 1 atom stereocenters. The van der Waals surface area contributed by atoms with Crippen LogP contribution >= 0.6 is 11.5 Å². The van der Waals surface area contributed by atoms with Crippen LogP contribution in [0.4, 0.5) is 5.13 Å². The number of hydrogen-bond donors (Lipinski definition) is 2. The Balaban J connectivity index is 2.65. The third kappa shape index (κ3) is 2.66. The van der Waals surface area contributed by atoms with Gasteiger partial charge in [0, 0.05) is 31.0 Å². The van der Waals surface area contributed by atoms with Gasteiger partial charge in [-0.25, -0.2) is 4.98 Å². The topological polar surface area (TPSA) is 78.9 Å². The normalized spacial score (nSPS) is 12.5. The monoisotopic (exact) mass is 213 g/mol. The van der Waals surface area contributed by atoms with Crippen LogP contribution in [0.3, 0.4) is 0 Å². The van der Waals surface area contributed by atoms with Crippen LogP contribution in [0.25, 0.3) is 0 Å². The maximum atomic E-state index is 7.20. The number of nitrogens with one attached hydrogen (secondary N) is 1. The first kappa shape index (κ1) is 10.9. The van der Waals surface area contributed by atoms with Crippen molar-refractivity contribution in [2.45, 2.75) is 26.3 Å². The van der Waals surface area contributed by atoms with Crippen LogP contribution in [0.2, 0.25) is 0 Å². The fourth-order valence-corrected chi connectivity index (χ4v) is 1.81. The molecule has 0 aliphatic rings. The largest absolute Gasteiger partial charge is 0.388 e. The summed E-state index contributed by atoms with van der Waals surface area (Å²) in [4.78, 5) is 6.25. The lowest BCUT2D eigenvalue weighted by molar-refractivity contribution is 0.706. The van der Waals surface area contributed by atoms with E-state index in [2.05, 4.69) is 9.36 Å². The number of rotatable bonds is 4. The van der Waals surface area contributed by atoms with Gasteiger partial charge in [-0.15, -0.1) is 0 Å². The molecule has 0 aromatic carbocycles. The molecular formula is C8H15N5S. The van der Waals surface area contributed by atoms with Crippen LogP contribution in [-0.2, 0) is 0 Å². The van der Waals surface area contributed by atoms with Crippen LogP contribution in [0, 0.1) is 12.3 Å². The summed E-state index contributed by atoms with van der Waals surface area (Å²) in [7, 11) is 1.94. The van der Waals surface area contributed by atoms with Crippen LogP contribution in [0.15, 0.2) is 0 Å². The number of nitrogens with two attached hydrogens (primary N) is 1. The number of nitrogens with zero attached hydrogens (tertiary/aromatic N) is 3. The van der Waals surface area contributed by atoms with Gasteiger partial charge in [-0.05, 0) is 13.8 Å². The number of anilines is 1. The van der Waals surface area contributed by atoms with E-state index in [4.69, 9.17) is 11.1 Å². The lowest BCUT2D eigenvalue weighted by Gasteiger charge is -2.23. The van der Waals surface area contributed by atoms with Gasteiger partial charge in [0.1, 0.15) is 5.82 Å². The molecule has 14 heavy (non-hydrogen) atoms. The average molecular weight is 213 g/mol. The summed E-state index contributed by atoms with van der Waals surface area (Å²) in [5.41, 5.74) is 5.34. The molecule has 3 N–H and O–H groups in total. The summed E-state index contributed by atoms with van der Waals surface area (Å²) < 4.78 is 4.10. The quantitative estimate of drug-likeness (QED) is 0.577. The van der Waals surface area contributed by atoms with Crippen molar-refractivity contribution in [1.29, 1.82) is 5.41 Å². The number of aryl methyl sites for hydroxylation is 1. The zero-order valence-corrected chi connectivity index (χ0v) is 9.43. The molecule has 0 spiro atoms. The molecule has 0 saturated carbocycles. The van der Waals surface area contributed by atoms with Crippen molar-refractivity contribution in [2.24, 2.45) is 5.73 Å². The highest BCUT2D eigenvalue weighted by atomic mass is 32.1. The third-order valence-electron chi connectivity index (χ3n) is 2.00. The molecule has 0 amide bonds. The Labute approximate surface area is 87.6 Å². The fraction of sp³-hybridized carbons (Fsp3) is 0.625. The Morgan fingerprint density at radius 1 is 1.71 bits per heavy atom. The van der Waals surface area contributed by atoms with Crippen LogP contribution in [0.1, 0.15) is 19.2 Å². The average Bonchev–Trinajstić information content (AvgIpc) is 2.49. The molecular weight excluding hydrogens is 198 g/mol. The molecule has 1 rings (SSSR count). The summed E-state index contributed by atoms with van der Waals surface area (Å²) in [6, 6.07) is 0.180. The summed E-state index contributed by atoms with van der Waals surface area (Å²) in [6.07, 6.45) is 0.551. The van der Waals surface area contributed by atoms with E-state index in [0.717, 1.165) is 11.0 Å². The van der Waals surface area contributed by atoms with Crippen molar-refractivity contribution in [3.05, 3.63) is 5.82 Å². The van der Waals surface area contributed by atoms with Gasteiger partial charge in [-0.3, -0.25) is 5.41 Å². The highest BCUT2D eigenvalue weighted by Crippen LogP contribution is 2.18. The fourth-order valence-electron chi connectivity index (χ4n) is 1.07. The van der Waals surface area contributed by atoms with Gasteiger partial charge < -0.3 is 10.6 Å². The Bertz CT molecular complexity index is 321. The minimum atomic E-state index is 0.180. The Morgan fingerprint density at radius 3 is 2.79 bits per heavy atom. The summed E-state index contributed by atoms with van der Waals surface area (Å²) in [5.74, 6) is 0.984. The maximum absolute atomic E-state index is 7.20. The number of amidine groups is 1. The Kier molecular flexibility index (Phi) is 3.40. The SMILES string of the molecule is Cc1nsc(N(C)C(C)CC(=N)N)n1. The minimum Gasteiger partial charge on any atom is -0.388 e. The van der Waals surface area contributed by atoms with E-state index in [1.54, 1.807) is 0 Å². The van der Waals surface area contributed by atoms with E-state index in [9.17, 15) is 0 Å². The first-order valence-electron chi connectivity index (χ1n) is 4.36. The predicted octanol–water partition coefficient (Wildman–Crippen LogP) is 0.997. The van der Waals surface area contributed by atoms with Crippen LogP contribution in [-0.4, -0.2) is 28.3 Å². The Morgan fingerprint density at radius 2 is 2.36 bits per heavy atom. The second kappa shape index (κ2) is 4.36. The molecule has 0 aliphatic carbocycles. The number of hydrogen-bond acceptors (Lipinski definition) is 5. The van der Waals surface area contributed by atoms with Gasteiger partial charge >= 0.3 is 0 Å². The molecule has 78 valence electrons. The molecule has 0 aliphatic heterocycles. The second-order valence-corrected chi connectivity index (χ2v) is 4.04. The summed E-state index contributed by atoms with van der Waals surface area (Å²) >= 11 is 1.37. The molecule has 1 unspecified atom stereocenters. The molecule has 0 bridgehead atoms. The highest BCUT2D eigenvalue weighted by Gasteiger charge is 2.14. The molecule has 0 saturated heterocycles. The van der Waals surface area contributed by atoms with Gasteiger partial charge in [-0.2, -0.15) is 4.37 Å². The van der Waals surface area contributed by atoms with Crippen LogP contribution < -0.4 is 10.6 Å². The van der Waals surface area contributed by atoms with Crippen molar-refractivity contribution >= 4 is 22.5 Å². The van der Waals surface area contributed by atoms with Crippen LogP contribution in [0.5, 0.6) is 0 Å². The van der Waals surface area contributed by atoms with E-state index in [1.807, 2.05) is 25.8 Å². The lowest BCUT2D eigenvalue weighted by Crippen LogP contribution is -2.32. The first-order valence-corrected chi connectivity index (χ1v) is 5.14. The molecule has 6 heteroatoms. The van der Waals surface area contributed by atoms with E-state index < -0.39 is 0 Å². The van der Waals surface area contributed by atoms with Crippen molar-refractivity contribution in [3.63, 3.8) is 0 Å². The maximum Gasteiger partial charge on any atom is 0.205 e. The van der Waals surface area contributed by atoms with Crippen molar-refractivity contribution in [3.8, 4) is 0 Å². The van der Waals surface area contributed by atoms with Gasteiger partial charge in [-0.1, -0.05) is 0 Å². The molecule has 1 aromatic rings. The standard InChI is InChI=1S/C8H15N5S/c1-5(4-7(9)10)13(3)8-11-6(2)12-14-8/h5H,4H2,1-3H3,(H3,9,10). The smallest absolute Gasteiger partial charge is 0.205 e. The second-order valence-electron chi connectivity index (χ2n) is 3.31. The van der Waals surface area contributed by atoms with Crippen molar-refractivity contribution in [1.82, 2.24) is 9.36 Å². The molecule has 1 aromatic heterocycles. The number of aromatic nitrogens is 2. The van der Waals surface area contributed by atoms with Gasteiger partial charge in [0.2, 0.25) is 5.13 Å². The van der Waals surface area contributed by atoms with Crippen molar-refractivity contribution < 1.29 is 0 Å². The van der Waals surface area contributed by atoms with E-state index in [1.165, 1.54) is 11.5 Å². The highest BCUT2D eigenvalue weighted by molar-refractivity contribution is 7.09. The predicted molar refractivity (Wildman–Crippen MR) is 59.0 cm³/mol. The molecule has 1 heterocycles. The lowest BCUT2D eigenvalue weighted by atomic mass is 10.2. The molecule has 5 nitrogen and oxygen atoms in total. The van der Waals surface area contributed by atoms with Gasteiger partial charge in [0.25, 0.3) is 0 Å². The van der Waals surface area contributed by atoms with Crippen molar-refractivity contribution in [2.75, 3.05) is 11.9 Å². The van der Waals surface area contributed by atoms with Gasteiger partial charge in [0.15, 0.2) is 0 Å². The van der Waals surface area contributed by atoms with Gasteiger partial charge in [0.05, 0.1) is 5.84 Å². The zero-order valence-electron chi connectivity index (χ0n) is 8.61. The van der Waals surface area contributed by atoms with E-state index in [0.29, 0.717) is 6.42 Å². The van der Waals surface area contributed by atoms with E-state index in [-0.39, 0.29) is 11.9 Å². The molecule has 0 fully saturated rings. The minimum absolute atomic E-state index is 0.180. The summed E-state index contributed by atoms with van der Waals surface area (Å²) in [6.45, 7) is 3.88. The Hall–Kier alpha value is -1.17. The summed E-state index contributed by atoms with van der Waals surface area (Å²) in [5, 5.41) is 8.08.